The summed E-state index contributed by atoms with van der Waals surface area (Å²) in [5, 5.41) is 0.727. The minimum Gasteiger partial charge on any atom is -0.492 e. The van der Waals surface area contributed by atoms with Crippen LogP contribution in [0.1, 0.15) is 18.4 Å². The van der Waals surface area contributed by atoms with Gasteiger partial charge in [-0.25, -0.2) is 4.39 Å². The minimum absolute atomic E-state index is 0.158. The van der Waals surface area contributed by atoms with Crippen LogP contribution in [0.5, 0.6) is 5.75 Å². The van der Waals surface area contributed by atoms with Crippen molar-refractivity contribution >= 4 is 11.6 Å². The lowest BCUT2D eigenvalue weighted by molar-refractivity contribution is 0.155. The summed E-state index contributed by atoms with van der Waals surface area (Å²) in [4.78, 5) is 2.46. The Hall–Kier alpha value is -1.58. The van der Waals surface area contributed by atoms with Gasteiger partial charge in [0.2, 0.25) is 0 Å². The number of hydrogen-bond acceptors (Lipinski definition) is 2. The minimum atomic E-state index is -0.158. The second-order valence-electron chi connectivity index (χ2n) is 6.42. The Labute approximate surface area is 148 Å². The van der Waals surface area contributed by atoms with Crippen LogP contribution in [0, 0.1) is 11.7 Å². The van der Waals surface area contributed by atoms with Crippen molar-refractivity contribution in [3.05, 3.63) is 64.9 Å². The maximum atomic E-state index is 13.0. The average molecular weight is 348 g/mol. The van der Waals surface area contributed by atoms with E-state index in [4.69, 9.17) is 16.3 Å². The molecule has 0 unspecified atom stereocenters. The van der Waals surface area contributed by atoms with Gasteiger partial charge in [-0.15, -0.1) is 0 Å². The van der Waals surface area contributed by atoms with E-state index in [1.807, 2.05) is 36.4 Å². The van der Waals surface area contributed by atoms with Crippen LogP contribution in [0.4, 0.5) is 4.39 Å². The molecule has 2 nitrogen and oxygen atoms in total. The van der Waals surface area contributed by atoms with Crippen LogP contribution in [0.2, 0.25) is 5.02 Å². The molecule has 3 rings (SSSR count). The fraction of sp³-hybridized carbons (Fsp3) is 0.400. The molecule has 24 heavy (non-hydrogen) atoms. The molecule has 0 N–H and O–H groups in total. The highest BCUT2D eigenvalue weighted by atomic mass is 35.5. The summed E-state index contributed by atoms with van der Waals surface area (Å²) in [6.45, 7) is 3.86. The Morgan fingerprint density at radius 3 is 2.33 bits per heavy atom. The zero-order chi connectivity index (χ0) is 16.8. The smallest absolute Gasteiger partial charge is 0.123 e. The van der Waals surface area contributed by atoms with E-state index < -0.39 is 0 Å². The van der Waals surface area contributed by atoms with Gasteiger partial charge in [0.05, 0.1) is 0 Å². The van der Waals surface area contributed by atoms with E-state index in [9.17, 15) is 4.39 Å². The van der Waals surface area contributed by atoms with Gasteiger partial charge in [0.1, 0.15) is 18.2 Å². The van der Waals surface area contributed by atoms with Gasteiger partial charge in [-0.3, -0.25) is 4.90 Å². The number of hydrogen-bond donors (Lipinski definition) is 0. The highest BCUT2D eigenvalue weighted by Gasteiger charge is 2.19. The predicted octanol–water partition coefficient (Wildman–Crippen LogP) is 4.81. The first-order chi connectivity index (χ1) is 11.7. The molecule has 1 aliphatic rings. The van der Waals surface area contributed by atoms with Gasteiger partial charge in [0, 0.05) is 11.6 Å². The van der Waals surface area contributed by atoms with Crippen LogP contribution in [-0.2, 0) is 6.42 Å². The Balaban J connectivity index is 1.36. The maximum absolute atomic E-state index is 13.0. The maximum Gasteiger partial charge on any atom is 0.123 e. The van der Waals surface area contributed by atoms with Crippen molar-refractivity contribution in [2.24, 2.45) is 5.92 Å². The van der Waals surface area contributed by atoms with E-state index in [-0.39, 0.29) is 5.82 Å². The molecular weight excluding hydrogens is 325 g/mol. The van der Waals surface area contributed by atoms with Crippen molar-refractivity contribution in [2.75, 3.05) is 26.2 Å². The summed E-state index contributed by atoms with van der Waals surface area (Å²) < 4.78 is 18.7. The molecular formula is C20H23ClFNO. The van der Waals surface area contributed by atoms with Crippen LogP contribution < -0.4 is 4.74 Å². The first-order valence-electron chi connectivity index (χ1n) is 8.54. The van der Waals surface area contributed by atoms with E-state index in [1.165, 1.54) is 18.4 Å². The topological polar surface area (TPSA) is 12.5 Å². The molecule has 0 amide bonds. The summed E-state index contributed by atoms with van der Waals surface area (Å²) in [5.74, 6) is 1.41. The SMILES string of the molecule is Fc1ccc(CC2CCN(CCOc3ccc(Cl)cc3)CC2)cc1. The average Bonchev–Trinajstić information content (AvgIpc) is 2.60. The third-order valence-electron chi connectivity index (χ3n) is 4.63. The van der Waals surface area contributed by atoms with Crippen molar-refractivity contribution in [1.29, 1.82) is 0 Å². The zero-order valence-electron chi connectivity index (χ0n) is 13.8. The lowest BCUT2D eigenvalue weighted by Gasteiger charge is -2.31. The summed E-state index contributed by atoms with van der Waals surface area (Å²) in [6, 6.07) is 14.4. The van der Waals surface area contributed by atoms with E-state index in [0.717, 1.165) is 36.8 Å². The lowest BCUT2D eigenvalue weighted by atomic mass is 9.90. The van der Waals surface area contributed by atoms with Gasteiger partial charge in [-0.2, -0.15) is 0 Å². The standard InChI is InChI=1S/C20H23ClFNO/c21-18-3-7-20(8-4-18)24-14-13-23-11-9-17(10-12-23)15-16-1-5-19(22)6-2-16/h1-8,17H,9-15H2. The lowest BCUT2D eigenvalue weighted by Crippen LogP contribution is -2.37. The summed E-state index contributed by atoms with van der Waals surface area (Å²) in [5.41, 5.74) is 1.24. The van der Waals surface area contributed by atoms with Crippen LogP contribution in [0.15, 0.2) is 48.5 Å². The van der Waals surface area contributed by atoms with Gasteiger partial charge in [0.15, 0.2) is 0 Å². The molecule has 4 heteroatoms. The van der Waals surface area contributed by atoms with Gasteiger partial charge in [-0.05, 0) is 80.2 Å². The predicted molar refractivity (Wildman–Crippen MR) is 96.2 cm³/mol. The number of piperidine rings is 1. The molecule has 1 aliphatic heterocycles. The Morgan fingerprint density at radius 1 is 1.00 bits per heavy atom. The Bertz CT molecular complexity index is 621. The summed E-state index contributed by atoms with van der Waals surface area (Å²) in [6.07, 6.45) is 3.44. The normalized spacial score (nSPS) is 16.2. The molecule has 128 valence electrons. The van der Waals surface area contributed by atoms with Crippen LogP contribution in [-0.4, -0.2) is 31.1 Å². The summed E-state index contributed by atoms with van der Waals surface area (Å²) in [7, 11) is 0. The van der Waals surface area contributed by atoms with Gasteiger partial charge in [0.25, 0.3) is 0 Å². The molecule has 2 aromatic carbocycles. The van der Waals surface area contributed by atoms with Crippen molar-refractivity contribution in [3.63, 3.8) is 0 Å². The molecule has 0 atom stereocenters. The monoisotopic (exact) mass is 347 g/mol. The second kappa shape index (κ2) is 8.50. The number of nitrogens with zero attached hydrogens (tertiary/aromatic N) is 1. The third kappa shape index (κ3) is 5.22. The molecule has 0 aromatic heterocycles. The molecule has 0 radical (unpaired) electrons. The van der Waals surface area contributed by atoms with Crippen LogP contribution in [0.3, 0.4) is 0 Å². The third-order valence-corrected chi connectivity index (χ3v) is 4.89. The molecule has 0 bridgehead atoms. The highest BCUT2D eigenvalue weighted by Crippen LogP contribution is 2.22. The fourth-order valence-corrected chi connectivity index (χ4v) is 3.32. The van der Waals surface area contributed by atoms with Gasteiger partial charge < -0.3 is 4.74 Å². The number of benzene rings is 2. The van der Waals surface area contributed by atoms with Crippen LogP contribution >= 0.6 is 11.6 Å². The molecule has 0 saturated carbocycles. The zero-order valence-corrected chi connectivity index (χ0v) is 14.5. The molecule has 2 aromatic rings. The first kappa shape index (κ1) is 17.2. The number of rotatable bonds is 6. The van der Waals surface area contributed by atoms with E-state index in [2.05, 4.69) is 4.90 Å². The first-order valence-corrected chi connectivity index (χ1v) is 8.92. The van der Waals surface area contributed by atoms with Gasteiger partial charge in [-0.1, -0.05) is 23.7 Å². The molecule has 1 heterocycles. The number of halogens is 2. The molecule has 1 fully saturated rings. The number of ether oxygens (including phenoxy) is 1. The second-order valence-corrected chi connectivity index (χ2v) is 6.85. The Kier molecular flexibility index (Phi) is 6.11. The van der Waals surface area contributed by atoms with Crippen molar-refractivity contribution in [1.82, 2.24) is 4.90 Å². The Morgan fingerprint density at radius 2 is 1.67 bits per heavy atom. The van der Waals surface area contributed by atoms with E-state index >= 15 is 0 Å². The van der Waals surface area contributed by atoms with Crippen molar-refractivity contribution in [2.45, 2.75) is 19.3 Å². The largest absolute Gasteiger partial charge is 0.492 e. The molecule has 0 spiro atoms. The highest BCUT2D eigenvalue weighted by molar-refractivity contribution is 6.30. The molecule has 1 saturated heterocycles. The van der Waals surface area contributed by atoms with Crippen molar-refractivity contribution in [3.8, 4) is 5.75 Å². The van der Waals surface area contributed by atoms with E-state index in [0.29, 0.717) is 12.5 Å². The van der Waals surface area contributed by atoms with E-state index in [1.54, 1.807) is 12.1 Å². The van der Waals surface area contributed by atoms with Crippen molar-refractivity contribution < 1.29 is 9.13 Å². The van der Waals surface area contributed by atoms with Crippen LogP contribution in [0.25, 0.3) is 0 Å². The quantitative estimate of drug-likeness (QED) is 0.743. The van der Waals surface area contributed by atoms with Gasteiger partial charge >= 0.3 is 0 Å². The summed E-state index contributed by atoms with van der Waals surface area (Å²) >= 11 is 5.86. The fourth-order valence-electron chi connectivity index (χ4n) is 3.19. The molecule has 0 aliphatic carbocycles. The number of likely N-dealkylation sites (tertiary alicyclic amines) is 1.